The maximum Gasteiger partial charge on any atom is 0.197 e. The molecule has 0 amide bonds. The van der Waals surface area contributed by atoms with E-state index in [1.165, 1.54) is 0 Å². The molecule has 0 aliphatic carbocycles. The SMILES string of the molecule is O=C1CN(N2CCN(c3nsnc3Cl)CC2)NC1=Cc1cccc2ccccc12. The number of anilines is 1. The van der Waals surface area contributed by atoms with Crippen molar-refractivity contribution in [2.24, 2.45) is 0 Å². The summed E-state index contributed by atoms with van der Waals surface area (Å²) in [5.74, 6) is 0.838. The summed E-state index contributed by atoms with van der Waals surface area (Å²) in [6, 6.07) is 14.3. The van der Waals surface area contributed by atoms with Gasteiger partial charge in [-0.25, -0.2) is 5.01 Å². The fraction of sp³-hybridized carbons (Fsp3) is 0.250. The summed E-state index contributed by atoms with van der Waals surface area (Å²) < 4.78 is 8.31. The molecule has 0 spiro atoms. The van der Waals surface area contributed by atoms with Crippen molar-refractivity contribution in [3.8, 4) is 0 Å². The molecule has 148 valence electrons. The van der Waals surface area contributed by atoms with E-state index in [2.05, 4.69) is 42.3 Å². The van der Waals surface area contributed by atoms with Crippen molar-refractivity contribution in [1.82, 2.24) is 24.3 Å². The normalized spacial score (nSPS) is 20.0. The molecule has 2 aliphatic rings. The Bertz CT molecular complexity index is 1090. The Kier molecular flexibility index (Phi) is 4.92. The van der Waals surface area contributed by atoms with Crippen LogP contribution in [0.4, 0.5) is 5.82 Å². The number of nitrogens with zero attached hydrogens (tertiary/aromatic N) is 5. The van der Waals surface area contributed by atoms with E-state index < -0.39 is 0 Å². The van der Waals surface area contributed by atoms with Crippen LogP contribution in [0, 0.1) is 0 Å². The monoisotopic (exact) mass is 426 g/mol. The van der Waals surface area contributed by atoms with Gasteiger partial charge < -0.3 is 10.3 Å². The van der Waals surface area contributed by atoms with E-state index in [1.807, 2.05) is 35.5 Å². The third-order valence-corrected chi connectivity index (χ3v) is 6.17. The summed E-state index contributed by atoms with van der Waals surface area (Å²) in [6.45, 7) is 3.43. The molecule has 9 heteroatoms. The summed E-state index contributed by atoms with van der Waals surface area (Å²) in [4.78, 5) is 14.8. The van der Waals surface area contributed by atoms with Gasteiger partial charge in [0.1, 0.15) is 0 Å². The first-order chi connectivity index (χ1) is 14.2. The lowest BCUT2D eigenvalue weighted by molar-refractivity contribution is -0.117. The van der Waals surface area contributed by atoms with Crippen LogP contribution in [0.5, 0.6) is 0 Å². The molecule has 7 nitrogen and oxygen atoms in total. The summed E-state index contributed by atoms with van der Waals surface area (Å²) in [5, 5.41) is 6.83. The zero-order chi connectivity index (χ0) is 19.8. The lowest BCUT2D eigenvalue weighted by Gasteiger charge is -2.38. The van der Waals surface area contributed by atoms with Crippen molar-refractivity contribution in [1.29, 1.82) is 0 Å². The van der Waals surface area contributed by atoms with E-state index in [9.17, 15) is 4.79 Å². The predicted molar refractivity (Wildman–Crippen MR) is 115 cm³/mol. The Morgan fingerprint density at radius 1 is 1.03 bits per heavy atom. The predicted octanol–water partition coefficient (Wildman–Crippen LogP) is 2.81. The summed E-state index contributed by atoms with van der Waals surface area (Å²) >= 11 is 7.23. The molecule has 3 aromatic rings. The fourth-order valence-corrected chi connectivity index (χ4v) is 4.57. The fourth-order valence-electron chi connectivity index (χ4n) is 3.79. The maximum atomic E-state index is 12.6. The van der Waals surface area contributed by atoms with Crippen LogP contribution >= 0.6 is 23.3 Å². The Balaban J connectivity index is 1.29. The van der Waals surface area contributed by atoms with E-state index >= 15 is 0 Å². The third kappa shape index (κ3) is 3.60. The highest BCUT2D eigenvalue weighted by Gasteiger charge is 2.31. The number of hydrazine groups is 2. The van der Waals surface area contributed by atoms with Crippen molar-refractivity contribution < 1.29 is 4.79 Å². The minimum absolute atomic E-state index is 0.0899. The summed E-state index contributed by atoms with van der Waals surface area (Å²) in [7, 11) is 0. The first-order valence-electron chi connectivity index (χ1n) is 9.44. The molecule has 2 aliphatic heterocycles. The number of piperazine rings is 1. The van der Waals surface area contributed by atoms with Gasteiger partial charge in [-0.05, 0) is 22.4 Å². The minimum atomic E-state index is 0.0899. The van der Waals surface area contributed by atoms with Gasteiger partial charge >= 0.3 is 0 Å². The minimum Gasteiger partial charge on any atom is -0.350 e. The van der Waals surface area contributed by atoms with Crippen molar-refractivity contribution in [3.63, 3.8) is 0 Å². The number of carbonyl (C=O) groups excluding carboxylic acids is 1. The zero-order valence-electron chi connectivity index (χ0n) is 15.6. The Morgan fingerprint density at radius 3 is 2.62 bits per heavy atom. The second-order valence-corrected chi connectivity index (χ2v) is 7.92. The van der Waals surface area contributed by atoms with Gasteiger partial charge in [-0.2, -0.15) is 8.75 Å². The number of carbonyl (C=O) groups is 1. The molecule has 2 fully saturated rings. The summed E-state index contributed by atoms with van der Waals surface area (Å²) in [6.07, 6.45) is 1.95. The van der Waals surface area contributed by atoms with Gasteiger partial charge in [0.2, 0.25) is 0 Å². The van der Waals surface area contributed by atoms with Gasteiger partial charge in [0.05, 0.1) is 24.0 Å². The molecule has 0 radical (unpaired) electrons. The van der Waals surface area contributed by atoms with E-state index in [0.717, 1.165) is 60.1 Å². The van der Waals surface area contributed by atoms with Crippen LogP contribution in [0.3, 0.4) is 0 Å². The van der Waals surface area contributed by atoms with Gasteiger partial charge in [0.15, 0.2) is 16.8 Å². The second-order valence-electron chi connectivity index (χ2n) is 7.04. The summed E-state index contributed by atoms with van der Waals surface area (Å²) in [5.41, 5.74) is 4.94. The van der Waals surface area contributed by atoms with Gasteiger partial charge in [0, 0.05) is 26.2 Å². The van der Waals surface area contributed by atoms with Crippen LogP contribution in [-0.2, 0) is 4.79 Å². The van der Waals surface area contributed by atoms with E-state index in [4.69, 9.17) is 11.6 Å². The molecule has 2 aromatic carbocycles. The standard InChI is InChI=1S/C20H19ClN6OS/c21-19-20(24-29-23-19)25-8-10-26(11-9-25)27-13-18(28)17(22-27)12-15-6-3-5-14-4-1-2-7-16(14)15/h1-7,12,22H,8-11,13H2. The van der Waals surface area contributed by atoms with Crippen LogP contribution < -0.4 is 10.3 Å². The average Bonchev–Trinajstić information content (AvgIpc) is 3.34. The van der Waals surface area contributed by atoms with E-state index in [1.54, 1.807) is 0 Å². The second kappa shape index (κ2) is 7.72. The molecule has 2 saturated heterocycles. The third-order valence-electron chi connectivity index (χ3n) is 5.30. The number of aromatic nitrogens is 2. The molecule has 3 heterocycles. The molecule has 5 rings (SSSR count). The first-order valence-corrected chi connectivity index (χ1v) is 10.5. The van der Waals surface area contributed by atoms with Crippen molar-refractivity contribution >= 4 is 51.8 Å². The maximum absolute atomic E-state index is 12.6. The highest BCUT2D eigenvalue weighted by molar-refractivity contribution is 6.99. The number of hydrogen-bond donors (Lipinski definition) is 1. The molecule has 0 atom stereocenters. The number of Topliss-reactive ketones (excluding diaryl/α,β-unsaturated/α-hetero) is 1. The van der Waals surface area contributed by atoms with Gasteiger partial charge in [0.25, 0.3) is 0 Å². The van der Waals surface area contributed by atoms with E-state index in [-0.39, 0.29) is 5.78 Å². The van der Waals surface area contributed by atoms with Crippen molar-refractivity contribution in [2.75, 3.05) is 37.6 Å². The molecule has 29 heavy (non-hydrogen) atoms. The largest absolute Gasteiger partial charge is 0.350 e. The number of hydrogen-bond acceptors (Lipinski definition) is 8. The van der Waals surface area contributed by atoms with Gasteiger partial charge in [-0.1, -0.05) is 54.1 Å². The highest BCUT2D eigenvalue weighted by Crippen LogP contribution is 2.25. The molecule has 0 unspecified atom stereocenters. The topological polar surface area (TPSA) is 64.6 Å². The Morgan fingerprint density at radius 2 is 1.83 bits per heavy atom. The smallest absolute Gasteiger partial charge is 0.197 e. The van der Waals surface area contributed by atoms with Crippen LogP contribution in [0.2, 0.25) is 5.15 Å². The van der Waals surface area contributed by atoms with Crippen LogP contribution in [0.25, 0.3) is 16.8 Å². The highest BCUT2D eigenvalue weighted by atomic mass is 35.5. The van der Waals surface area contributed by atoms with Crippen molar-refractivity contribution in [2.45, 2.75) is 0 Å². The van der Waals surface area contributed by atoms with Crippen LogP contribution in [-0.4, -0.2) is 57.4 Å². The lowest BCUT2D eigenvalue weighted by Crippen LogP contribution is -2.56. The van der Waals surface area contributed by atoms with Gasteiger partial charge in [-0.15, -0.1) is 5.12 Å². The molecular weight excluding hydrogens is 408 g/mol. The number of ketones is 1. The number of rotatable bonds is 3. The van der Waals surface area contributed by atoms with Crippen LogP contribution in [0.15, 0.2) is 48.2 Å². The van der Waals surface area contributed by atoms with Gasteiger partial charge in [-0.3, -0.25) is 4.79 Å². The molecule has 0 saturated carbocycles. The number of benzene rings is 2. The van der Waals surface area contributed by atoms with E-state index in [0.29, 0.717) is 17.4 Å². The Hall–Kier alpha value is -2.52. The molecule has 1 aromatic heterocycles. The number of halogens is 1. The van der Waals surface area contributed by atoms with Crippen LogP contribution in [0.1, 0.15) is 5.56 Å². The number of nitrogens with one attached hydrogen (secondary N) is 1. The molecule has 1 N–H and O–H groups in total. The molecular formula is C20H19ClN6OS. The number of fused-ring (bicyclic) bond motifs is 1. The quantitative estimate of drug-likeness (QED) is 0.646. The van der Waals surface area contributed by atoms with Crippen molar-refractivity contribution in [3.05, 3.63) is 58.9 Å². The lowest BCUT2D eigenvalue weighted by atomic mass is 10.0. The average molecular weight is 427 g/mol. The zero-order valence-corrected chi connectivity index (χ0v) is 17.2. The first kappa shape index (κ1) is 18.5. The Labute approximate surface area is 177 Å². The molecule has 0 bridgehead atoms.